The number of likely N-dealkylation sites (tertiary alicyclic amines) is 1. The average Bonchev–Trinajstić information content (AvgIpc) is 3.23. The average molecular weight is 466 g/mol. The van der Waals surface area contributed by atoms with Crippen molar-refractivity contribution < 1.29 is 23.4 Å². The number of para-hydroxylation sites is 2. The van der Waals surface area contributed by atoms with Crippen LogP contribution in [0.5, 0.6) is 11.5 Å². The van der Waals surface area contributed by atoms with Crippen molar-refractivity contribution >= 4 is 23.1 Å². The largest absolute Gasteiger partial charge is 0.494 e. The number of oxazole rings is 1. The molecule has 2 fully saturated rings. The molecule has 0 bridgehead atoms. The number of carbonyl (C=O) groups is 1. The SMILES string of the molecule is CCOc1cc(CN2CCC(Nc3nc4ccccc4o3)CC2)cc(OC2CCOC(=O)C2)c1. The number of ether oxygens (including phenoxy) is 3. The first kappa shape index (κ1) is 22.5. The summed E-state index contributed by atoms with van der Waals surface area (Å²) in [7, 11) is 0. The summed E-state index contributed by atoms with van der Waals surface area (Å²) in [6, 6.07) is 14.8. The molecule has 180 valence electrons. The molecule has 2 aliphatic rings. The fourth-order valence-electron chi connectivity index (χ4n) is 4.59. The summed E-state index contributed by atoms with van der Waals surface area (Å²) < 4.78 is 22.7. The van der Waals surface area contributed by atoms with Gasteiger partial charge in [-0.2, -0.15) is 4.98 Å². The van der Waals surface area contributed by atoms with Crippen LogP contribution in [0.1, 0.15) is 38.2 Å². The number of aromatic nitrogens is 1. The van der Waals surface area contributed by atoms with Gasteiger partial charge in [-0.3, -0.25) is 9.69 Å². The first-order chi connectivity index (χ1) is 16.6. The van der Waals surface area contributed by atoms with Gasteiger partial charge in [0.25, 0.3) is 6.01 Å². The van der Waals surface area contributed by atoms with Crippen molar-refractivity contribution in [1.29, 1.82) is 0 Å². The smallest absolute Gasteiger partial charge is 0.309 e. The highest BCUT2D eigenvalue weighted by atomic mass is 16.5. The van der Waals surface area contributed by atoms with E-state index in [2.05, 4.69) is 27.3 Å². The van der Waals surface area contributed by atoms with E-state index in [1.807, 2.05) is 37.3 Å². The predicted octanol–water partition coefficient (Wildman–Crippen LogP) is 4.39. The zero-order chi connectivity index (χ0) is 23.3. The number of nitrogens with one attached hydrogen (secondary N) is 1. The molecule has 8 heteroatoms. The summed E-state index contributed by atoms with van der Waals surface area (Å²) in [4.78, 5) is 18.6. The van der Waals surface area contributed by atoms with Crippen LogP contribution in [0.15, 0.2) is 46.9 Å². The summed E-state index contributed by atoms with van der Waals surface area (Å²) in [5, 5.41) is 3.46. The van der Waals surface area contributed by atoms with E-state index in [4.69, 9.17) is 18.6 Å². The van der Waals surface area contributed by atoms with E-state index in [9.17, 15) is 4.79 Å². The van der Waals surface area contributed by atoms with Crippen molar-refractivity contribution in [2.45, 2.75) is 51.3 Å². The third-order valence-electron chi connectivity index (χ3n) is 6.27. The van der Waals surface area contributed by atoms with E-state index in [0.717, 1.165) is 60.6 Å². The summed E-state index contributed by atoms with van der Waals surface area (Å²) in [5.74, 6) is 1.33. The standard InChI is InChI=1S/C26H31N3O5/c1-2-31-21-13-18(14-22(15-21)33-20-9-12-32-25(30)16-20)17-29-10-7-19(8-11-29)27-26-28-23-5-3-4-6-24(23)34-26/h3-6,13-15,19-20H,2,7-12,16-17H2,1H3,(H,27,28). The maximum absolute atomic E-state index is 11.6. The number of carbonyl (C=O) groups excluding carboxylic acids is 1. The van der Waals surface area contributed by atoms with Crippen molar-refractivity contribution in [3.63, 3.8) is 0 Å². The lowest BCUT2D eigenvalue weighted by Crippen LogP contribution is -2.38. The number of hydrogen-bond acceptors (Lipinski definition) is 8. The Morgan fingerprint density at radius 3 is 2.74 bits per heavy atom. The van der Waals surface area contributed by atoms with Crippen LogP contribution >= 0.6 is 0 Å². The zero-order valence-electron chi connectivity index (χ0n) is 19.5. The van der Waals surface area contributed by atoms with Crippen molar-refractivity contribution in [3.8, 4) is 11.5 Å². The number of piperidine rings is 1. The lowest BCUT2D eigenvalue weighted by Gasteiger charge is -2.32. The minimum Gasteiger partial charge on any atom is -0.494 e. The molecule has 3 heterocycles. The van der Waals surface area contributed by atoms with Crippen LogP contribution in [-0.4, -0.2) is 54.3 Å². The van der Waals surface area contributed by atoms with Gasteiger partial charge in [-0.1, -0.05) is 12.1 Å². The van der Waals surface area contributed by atoms with Crippen LogP contribution in [0, 0.1) is 0 Å². The number of fused-ring (bicyclic) bond motifs is 1. The van der Waals surface area contributed by atoms with E-state index in [1.54, 1.807) is 0 Å². The van der Waals surface area contributed by atoms with Crippen LogP contribution < -0.4 is 14.8 Å². The normalized spacial score (nSPS) is 19.7. The molecule has 1 unspecified atom stereocenters. The molecule has 2 aliphatic heterocycles. The number of benzene rings is 2. The second kappa shape index (κ2) is 10.3. The number of hydrogen-bond donors (Lipinski definition) is 1. The fourth-order valence-corrected chi connectivity index (χ4v) is 4.59. The second-order valence-electron chi connectivity index (χ2n) is 8.88. The molecule has 0 aliphatic carbocycles. The quantitative estimate of drug-likeness (QED) is 0.491. The Balaban J connectivity index is 1.18. The van der Waals surface area contributed by atoms with Crippen molar-refractivity contribution in [2.75, 3.05) is 31.6 Å². The monoisotopic (exact) mass is 465 g/mol. The van der Waals surface area contributed by atoms with Gasteiger partial charge in [0.15, 0.2) is 5.58 Å². The van der Waals surface area contributed by atoms with Gasteiger partial charge in [-0.15, -0.1) is 0 Å². The van der Waals surface area contributed by atoms with Crippen LogP contribution in [0.2, 0.25) is 0 Å². The molecule has 0 saturated carbocycles. The van der Waals surface area contributed by atoms with Crippen molar-refractivity contribution in [3.05, 3.63) is 48.0 Å². The van der Waals surface area contributed by atoms with Crippen molar-refractivity contribution in [2.24, 2.45) is 0 Å². The first-order valence-electron chi connectivity index (χ1n) is 12.1. The molecule has 1 aromatic heterocycles. The molecule has 0 amide bonds. The Morgan fingerprint density at radius 1 is 1.12 bits per heavy atom. The minimum atomic E-state index is -0.202. The highest BCUT2D eigenvalue weighted by molar-refractivity contribution is 5.74. The lowest BCUT2D eigenvalue weighted by molar-refractivity contribution is -0.150. The molecule has 1 atom stereocenters. The molecule has 8 nitrogen and oxygen atoms in total. The van der Waals surface area contributed by atoms with Gasteiger partial charge in [-0.05, 0) is 49.6 Å². The molecule has 0 spiro atoms. The van der Waals surface area contributed by atoms with Gasteiger partial charge < -0.3 is 23.9 Å². The first-order valence-corrected chi connectivity index (χ1v) is 12.1. The maximum Gasteiger partial charge on any atom is 0.309 e. The molecule has 34 heavy (non-hydrogen) atoms. The highest BCUT2D eigenvalue weighted by Crippen LogP contribution is 2.28. The van der Waals surface area contributed by atoms with Gasteiger partial charge in [0, 0.05) is 38.2 Å². The number of esters is 1. The Bertz CT molecular complexity index is 1090. The maximum atomic E-state index is 11.6. The number of rotatable bonds is 8. The number of cyclic esters (lactones) is 1. The van der Waals surface area contributed by atoms with Crippen LogP contribution in [0.25, 0.3) is 11.1 Å². The molecule has 2 saturated heterocycles. The molecule has 5 rings (SSSR count). The van der Waals surface area contributed by atoms with Gasteiger partial charge >= 0.3 is 5.97 Å². The summed E-state index contributed by atoms with van der Waals surface area (Å²) in [6.07, 6.45) is 2.86. The number of anilines is 1. The zero-order valence-corrected chi connectivity index (χ0v) is 19.5. The highest BCUT2D eigenvalue weighted by Gasteiger charge is 2.24. The molecule has 3 aromatic rings. The summed E-state index contributed by atoms with van der Waals surface area (Å²) in [5.41, 5.74) is 2.82. The van der Waals surface area contributed by atoms with Gasteiger partial charge in [-0.25, -0.2) is 0 Å². The molecule has 0 radical (unpaired) electrons. The van der Waals surface area contributed by atoms with E-state index in [-0.39, 0.29) is 18.5 Å². The fraction of sp³-hybridized carbons (Fsp3) is 0.462. The van der Waals surface area contributed by atoms with E-state index >= 15 is 0 Å². The molecular formula is C26H31N3O5. The van der Waals surface area contributed by atoms with E-state index < -0.39 is 0 Å². The second-order valence-corrected chi connectivity index (χ2v) is 8.88. The lowest BCUT2D eigenvalue weighted by atomic mass is 10.0. The third-order valence-corrected chi connectivity index (χ3v) is 6.27. The summed E-state index contributed by atoms with van der Waals surface area (Å²) >= 11 is 0. The molecule has 2 aromatic carbocycles. The van der Waals surface area contributed by atoms with Gasteiger partial charge in [0.2, 0.25) is 0 Å². The Labute approximate surface area is 199 Å². The van der Waals surface area contributed by atoms with E-state index in [1.165, 1.54) is 0 Å². The van der Waals surface area contributed by atoms with Crippen molar-refractivity contribution in [1.82, 2.24) is 9.88 Å². The minimum absolute atomic E-state index is 0.153. The van der Waals surface area contributed by atoms with Crippen LogP contribution in [-0.2, 0) is 16.1 Å². The Morgan fingerprint density at radius 2 is 1.94 bits per heavy atom. The van der Waals surface area contributed by atoms with E-state index in [0.29, 0.717) is 31.7 Å². The molecular weight excluding hydrogens is 434 g/mol. The predicted molar refractivity (Wildman–Crippen MR) is 128 cm³/mol. The number of nitrogens with zero attached hydrogens (tertiary/aromatic N) is 2. The Hall–Kier alpha value is -3.26. The molecule has 1 N–H and O–H groups in total. The van der Waals surface area contributed by atoms with Gasteiger partial charge in [0.1, 0.15) is 23.1 Å². The van der Waals surface area contributed by atoms with Crippen LogP contribution in [0.3, 0.4) is 0 Å². The van der Waals surface area contributed by atoms with Crippen LogP contribution in [0.4, 0.5) is 6.01 Å². The van der Waals surface area contributed by atoms with Gasteiger partial charge in [0.05, 0.1) is 19.6 Å². The summed E-state index contributed by atoms with van der Waals surface area (Å²) in [6.45, 7) is 5.74. The Kier molecular flexibility index (Phi) is 6.85. The topological polar surface area (TPSA) is 86.1 Å². The third kappa shape index (κ3) is 5.62.